The van der Waals surface area contributed by atoms with Crippen LogP contribution in [-0.2, 0) is 12.8 Å². The minimum absolute atomic E-state index is 0.631. The van der Waals surface area contributed by atoms with E-state index in [1.54, 1.807) is 7.11 Å². The Morgan fingerprint density at radius 3 is 2.75 bits per heavy atom. The van der Waals surface area contributed by atoms with Gasteiger partial charge in [-0.3, -0.25) is 4.98 Å². The summed E-state index contributed by atoms with van der Waals surface area (Å²) in [4.78, 5) is 4.86. The van der Waals surface area contributed by atoms with Gasteiger partial charge in [0.1, 0.15) is 5.75 Å². The van der Waals surface area contributed by atoms with E-state index in [0.29, 0.717) is 10.8 Å². The van der Waals surface area contributed by atoms with Crippen molar-refractivity contribution >= 4 is 28.2 Å². The zero-order valence-corrected chi connectivity index (χ0v) is 12.7. The summed E-state index contributed by atoms with van der Waals surface area (Å²) in [6, 6.07) is 3.89. The van der Waals surface area contributed by atoms with Gasteiger partial charge in [-0.2, -0.15) is 0 Å². The fourth-order valence-electron chi connectivity index (χ4n) is 3.04. The molecular weight excluding hydrogens is 272 g/mol. The van der Waals surface area contributed by atoms with Gasteiger partial charge in [-0.1, -0.05) is 18.0 Å². The fourth-order valence-corrected chi connectivity index (χ4v) is 3.29. The van der Waals surface area contributed by atoms with Crippen molar-refractivity contribution in [2.24, 2.45) is 0 Å². The van der Waals surface area contributed by atoms with Gasteiger partial charge in [-0.15, -0.1) is 0 Å². The van der Waals surface area contributed by atoms with Gasteiger partial charge in [-0.25, -0.2) is 0 Å². The normalized spacial score (nSPS) is 14.8. The van der Waals surface area contributed by atoms with E-state index < -0.39 is 0 Å². The van der Waals surface area contributed by atoms with Crippen LogP contribution in [0.5, 0.6) is 5.75 Å². The van der Waals surface area contributed by atoms with Crippen LogP contribution in [0.3, 0.4) is 0 Å². The van der Waals surface area contributed by atoms with Gasteiger partial charge in [0, 0.05) is 29.9 Å². The third-order valence-electron chi connectivity index (χ3n) is 4.04. The maximum atomic E-state index is 6.27. The highest BCUT2D eigenvalue weighted by atomic mass is 35.5. The molecule has 3 nitrogen and oxygen atoms in total. The van der Waals surface area contributed by atoms with Crippen molar-refractivity contribution in [3.8, 4) is 5.75 Å². The molecule has 0 atom stereocenters. The van der Waals surface area contributed by atoms with E-state index in [1.165, 1.54) is 36.2 Å². The first-order valence-corrected chi connectivity index (χ1v) is 7.49. The first-order chi connectivity index (χ1) is 9.74. The van der Waals surface area contributed by atoms with Crippen molar-refractivity contribution in [3.63, 3.8) is 0 Å². The molecule has 0 spiro atoms. The summed E-state index contributed by atoms with van der Waals surface area (Å²) in [6.45, 7) is 0. The number of benzene rings is 1. The van der Waals surface area contributed by atoms with E-state index in [4.69, 9.17) is 21.3 Å². The monoisotopic (exact) mass is 290 g/mol. The standard InChI is InChI=1S/C16H19ClN2O/c1-18-16-10-6-4-3-5-7-13(10)19-14-9-15(20-2)12(17)8-11(14)16/h8-9H,3-7H2,1-2H3,(H,18,19). The Hall–Kier alpha value is -1.48. The number of ether oxygens (including phenoxy) is 1. The van der Waals surface area contributed by atoms with Gasteiger partial charge in [0.25, 0.3) is 0 Å². The van der Waals surface area contributed by atoms with Crippen molar-refractivity contribution < 1.29 is 4.74 Å². The van der Waals surface area contributed by atoms with Crippen LogP contribution in [0, 0.1) is 0 Å². The Bertz CT molecular complexity index is 655. The van der Waals surface area contributed by atoms with Crippen molar-refractivity contribution in [2.45, 2.75) is 32.1 Å². The van der Waals surface area contributed by atoms with Crippen LogP contribution in [-0.4, -0.2) is 19.1 Å². The lowest BCUT2D eigenvalue weighted by molar-refractivity contribution is 0.415. The van der Waals surface area contributed by atoms with E-state index >= 15 is 0 Å². The number of fused-ring (bicyclic) bond motifs is 2. The maximum Gasteiger partial charge on any atom is 0.139 e. The van der Waals surface area contributed by atoms with Crippen LogP contribution in [0.1, 0.15) is 30.5 Å². The Morgan fingerprint density at radius 2 is 2.00 bits per heavy atom. The predicted molar refractivity (Wildman–Crippen MR) is 84.1 cm³/mol. The molecular formula is C16H19ClN2O. The summed E-state index contributed by atoms with van der Waals surface area (Å²) in [5, 5.41) is 5.06. The molecule has 106 valence electrons. The molecule has 1 aromatic heterocycles. The Labute approximate surface area is 124 Å². The summed E-state index contributed by atoms with van der Waals surface area (Å²) in [7, 11) is 3.60. The number of nitrogens with one attached hydrogen (secondary N) is 1. The number of pyridine rings is 1. The van der Waals surface area contributed by atoms with Crippen LogP contribution in [0.2, 0.25) is 5.02 Å². The molecule has 2 aromatic rings. The fraction of sp³-hybridized carbons (Fsp3) is 0.438. The zero-order chi connectivity index (χ0) is 14.1. The number of halogens is 1. The van der Waals surface area contributed by atoms with Crippen LogP contribution < -0.4 is 10.1 Å². The van der Waals surface area contributed by atoms with Crippen molar-refractivity contribution in [1.29, 1.82) is 0 Å². The van der Waals surface area contributed by atoms with E-state index in [0.717, 1.165) is 23.7 Å². The summed E-state index contributed by atoms with van der Waals surface area (Å²) >= 11 is 6.27. The summed E-state index contributed by atoms with van der Waals surface area (Å²) in [5.74, 6) is 0.683. The van der Waals surface area contributed by atoms with Gasteiger partial charge in [0.05, 0.1) is 17.6 Å². The first-order valence-electron chi connectivity index (χ1n) is 7.11. The van der Waals surface area contributed by atoms with Gasteiger partial charge in [0.15, 0.2) is 0 Å². The van der Waals surface area contributed by atoms with Crippen LogP contribution in [0.15, 0.2) is 12.1 Å². The van der Waals surface area contributed by atoms with Crippen LogP contribution in [0.4, 0.5) is 5.69 Å². The number of nitrogens with zero attached hydrogens (tertiary/aromatic N) is 1. The molecule has 0 unspecified atom stereocenters. The molecule has 1 heterocycles. The van der Waals surface area contributed by atoms with Crippen LogP contribution >= 0.6 is 11.6 Å². The van der Waals surface area contributed by atoms with Crippen molar-refractivity contribution in [3.05, 3.63) is 28.4 Å². The molecule has 1 aliphatic rings. The number of hydrogen-bond acceptors (Lipinski definition) is 3. The lowest BCUT2D eigenvalue weighted by Crippen LogP contribution is -2.03. The third-order valence-corrected chi connectivity index (χ3v) is 4.33. The third kappa shape index (κ3) is 2.20. The minimum atomic E-state index is 0.631. The van der Waals surface area contributed by atoms with E-state index in [1.807, 2.05) is 19.2 Å². The second-order valence-electron chi connectivity index (χ2n) is 5.23. The lowest BCUT2D eigenvalue weighted by Gasteiger charge is -2.16. The second kappa shape index (κ2) is 5.49. The number of hydrogen-bond donors (Lipinski definition) is 1. The predicted octanol–water partition coefficient (Wildman–Crippen LogP) is 4.21. The largest absolute Gasteiger partial charge is 0.495 e. The molecule has 0 fully saturated rings. The molecule has 20 heavy (non-hydrogen) atoms. The van der Waals surface area contributed by atoms with Crippen molar-refractivity contribution in [2.75, 3.05) is 19.5 Å². The number of aryl methyl sites for hydroxylation is 1. The lowest BCUT2D eigenvalue weighted by atomic mass is 10.0. The zero-order valence-electron chi connectivity index (χ0n) is 11.9. The molecule has 0 saturated heterocycles. The Morgan fingerprint density at radius 1 is 1.20 bits per heavy atom. The first kappa shape index (κ1) is 13.5. The molecule has 1 aromatic carbocycles. The average molecular weight is 291 g/mol. The van der Waals surface area contributed by atoms with Crippen LogP contribution in [0.25, 0.3) is 10.9 Å². The summed E-state index contributed by atoms with van der Waals surface area (Å²) in [6.07, 6.45) is 5.89. The highest BCUT2D eigenvalue weighted by Gasteiger charge is 2.17. The SMILES string of the molecule is CNc1c2c(nc3cc(OC)c(Cl)cc13)CCCCC2. The number of rotatable bonds is 2. The Balaban J connectivity index is 2.30. The van der Waals surface area contributed by atoms with Gasteiger partial charge in [0.2, 0.25) is 0 Å². The Kier molecular flexibility index (Phi) is 3.70. The maximum absolute atomic E-state index is 6.27. The molecule has 0 saturated carbocycles. The highest BCUT2D eigenvalue weighted by Crippen LogP contribution is 2.37. The highest BCUT2D eigenvalue weighted by molar-refractivity contribution is 6.33. The molecule has 1 N–H and O–H groups in total. The second-order valence-corrected chi connectivity index (χ2v) is 5.63. The van der Waals surface area contributed by atoms with E-state index in [-0.39, 0.29) is 0 Å². The number of methoxy groups -OCH3 is 1. The van der Waals surface area contributed by atoms with E-state index in [2.05, 4.69) is 5.32 Å². The smallest absolute Gasteiger partial charge is 0.139 e. The molecule has 3 rings (SSSR count). The van der Waals surface area contributed by atoms with Gasteiger partial charge in [-0.05, 0) is 37.3 Å². The molecule has 1 aliphatic carbocycles. The molecule has 0 amide bonds. The van der Waals surface area contributed by atoms with Gasteiger partial charge < -0.3 is 10.1 Å². The molecule has 4 heteroatoms. The number of aromatic nitrogens is 1. The number of anilines is 1. The minimum Gasteiger partial charge on any atom is -0.495 e. The van der Waals surface area contributed by atoms with Crippen molar-refractivity contribution in [1.82, 2.24) is 4.98 Å². The summed E-state index contributed by atoms with van der Waals surface area (Å²) < 4.78 is 5.30. The topological polar surface area (TPSA) is 34.2 Å². The molecule has 0 aliphatic heterocycles. The average Bonchev–Trinajstić information content (AvgIpc) is 2.69. The van der Waals surface area contributed by atoms with E-state index in [9.17, 15) is 0 Å². The quantitative estimate of drug-likeness (QED) is 0.842. The molecule has 0 bridgehead atoms. The summed E-state index contributed by atoms with van der Waals surface area (Å²) in [5.41, 5.74) is 4.72. The van der Waals surface area contributed by atoms with Gasteiger partial charge >= 0.3 is 0 Å². The molecule has 0 radical (unpaired) electrons.